The first-order valence-electron chi connectivity index (χ1n) is 5.58. The van der Waals surface area contributed by atoms with Crippen LogP contribution in [0.5, 0.6) is 0 Å². The quantitative estimate of drug-likeness (QED) is 0.753. The van der Waals surface area contributed by atoms with Crippen LogP contribution in [0, 0.1) is 0 Å². The molecule has 86 valence electrons. The van der Waals surface area contributed by atoms with E-state index in [0.29, 0.717) is 11.3 Å². The van der Waals surface area contributed by atoms with Crippen LogP contribution < -0.4 is 5.32 Å². The molecule has 1 aromatic heterocycles. The van der Waals surface area contributed by atoms with E-state index in [1.165, 1.54) is 0 Å². The molecule has 1 aliphatic rings. The van der Waals surface area contributed by atoms with Crippen LogP contribution in [0.15, 0.2) is 24.3 Å². The molecule has 0 bridgehead atoms. The highest BCUT2D eigenvalue weighted by Crippen LogP contribution is 2.23. The summed E-state index contributed by atoms with van der Waals surface area (Å²) in [7, 11) is 0. The molecule has 1 atom stereocenters. The lowest BCUT2D eigenvalue weighted by atomic mass is 10.2. The lowest BCUT2D eigenvalue weighted by Gasteiger charge is -2.23. The Bertz CT molecular complexity index is 628. The van der Waals surface area contributed by atoms with Gasteiger partial charge in [0.1, 0.15) is 12.0 Å². The van der Waals surface area contributed by atoms with E-state index in [1.807, 2.05) is 29.7 Å². The summed E-state index contributed by atoms with van der Waals surface area (Å²) in [6.45, 7) is 2.71. The molecule has 2 heterocycles. The molecule has 1 aromatic carbocycles. The fourth-order valence-corrected chi connectivity index (χ4v) is 2.35. The Labute approximate surface area is 98.2 Å². The Kier molecular flexibility index (Phi) is 2.04. The molecular weight excluding hydrogens is 216 g/mol. The van der Waals surface area contributed by atoms with Gasteiger partial charge >= 0.3 is 0 Å². The summed E-state index contributed by atoms with van der Waals surface area (Å²) >= 11 is 0. The summed E-state index contributed by atoms with van der Waals surface area (Å²) in [4.78, 5) is 22.6. The topological polar surface area (TPSA) is 51.1 Å². The second-order valence-corrected chi connectivity index (χ2v) is 4.45. The number of hydrogen-bond donors (Lipinski definition) is 1. The van der Waals surface area contributed by atoms with Crippen LogP contribution in [-0.4, -0.2) is 22.8 Å². The third kappa shape index (κ3) is 1.45. The second kappa shape index (κ2) is 3.45. The van der Waals surface area contributed by atoms with Gasteiger partial charge in [-0.1, -0.05) is 12.1 Å². The fraction of sp³-hybridized carbons (Fsp3) is 0.231. The molecular formula is C13H12N2O2. The van der Waals surface area contributed by atoms with E-state index in [1.54, 1.807) is 6.07 Å². The van der Waals surface area contributed by atoms with E-state index in [4.69, 9.17) is 0 Å². The third-order valence-corrected chi connectivity index (χ3v) is 3.13. The average molecular weight is 228 g/mol. The van der Waals surface area contributed by atoms with E-state index in [-0.39, 0.29) is 11.9 Å². The van der Waals surface area contributed by atoms with Gasteiger partial charge < -0.3 is 9.88 Å². The van der Waals surface area contributed by atoms with Crippen LogP contribution in [0.3, 0.4) is 0 Å². The van der Waals surface area contributed by atoms with Crippen molar-refractivity contribution in [2.75, 3.05) is 0 Å². The molecule has 4 nitrogen and oxygen atoms in total. The lowest BCUT2D eigenvalue weighted by molar-refractivity contribution is 0.0907. The highest BCUT2D eigenvalue weighted by Gasteiger charge is 2.23. The largest absolute Gasteiger partial charge is 0.347 e. The van der Waals surface area contributed by atoms with Gasteiger partial charge in [-0.05, 0) is 19.1 Å². The molecule has 4 heteroatoms. The Morgan fingerprint density at radius 2 is 2.24 bits per heavy atom. The predicted molar refractivity (Wildman–Crippen MR) is 64.3 cm³/mol. The third-order valence-electron chi connectivity index (χ3n) is 3.13. The number of fused-ring (bicyclic) bond motifs is 3. The van der Waals surface area contributed by atoms with Crippen molar-refractivity contribution in [3.05, 3.63) is 35.5 Å². The maximum absolute atomic E-state index is 11.8. The van der Waals surface area contributed by atoms with Crippen molar-refractivity contribution in [3.63, 3.8) is 0 Å². The standard InChI is InChI=1S/C13H12N2O2/c1-8-6-15-11-4-9(7-16)2-3-10(11)5-12(15)13(17)14-8/h2-5,7-8H,6H2,1H3,(H,14,17). The second-order valence-electron chi connectivity index (χ2n) is 4.45. The molecule has 0 saturated heterocycles. The number of benzene rings is 1. The molecule has 0 fully saturated rings. The summed E-state index contributed by atoms with van der Waals surface area (Å²) in [6.07, 6.45) is 0.825. The lowest BCUT2D eigenvalue weighted by Crippen LogP contribution is -2.42. The van der Waals surface area contributed by atoms with E-state index < -0.39 is 0 Å². The van der Waals surface area contributed by atoms with Gasteiger partial charge in [0.2, 0.25) is 0 Å². The van der Waals surface area contributed by atoms with Gasteiger partial charge in [-0.15, -0.1) is 0 Å². The highest BCUT2D eigenvalue weighted by atomic mass is 16.2. The van der Waals surface area contributed by atoms with Crippen LogP contribution in [0.25, 0.3) is 10.9 Å². The maximum Gasteiger partial charge on any atom is 0.268 e. The zero-order valence-electron chi connectivity index (χ0n) is 9.43. The molecule has 1 amide bonds. The average Bonchev–Trinajstić information content (AvgIpc) is 2.67. The zero-order chi connectivity index (χ0) is 12.0. The van der Waals surface area contributed by atoms with Gasteiger partial charge in [-0.2, -0.15) is 0 Å². The number of aromatic nitrogens is 1. The molecule has 1 unspecified atom stereocenters. The number of rotatable bonds is 1. The van der Waals surface area contributed by atoms with Crippen molar-refractivity contribution < 1.29 is 9.59 Å². The molecule has 1 aliphatic heterocycles. The normalized spacial score (nSPS) is 18.9. The molecule has 2 aromatic rings. The van der Waals surface area contributed by atoms with Crippen LogP contribution in [-0.2, 0) is 6.54 Å². The summed E-state index contributed by atoms with van der Waals surface area (Å²) in [5.41, 5.74) is 2.25. The molecule has 0 radical (unpaired) electrons. The molecule has 17 heavy (non-hydrogen) atoms. The number of amides is 1. The minimum atomic E-state index is -0.0485. The van der Waals surface area contributed by atoms with E-state index >= 15 is 0 Å². The first-order valence-corrected chi connectivity index (χ1v) is 5.58. The van der Waals surface area contributed by atoms with Crippen molar-refractivity contribution in [1.29, 1.82) is 0 Å². The summed E-state index contributed by atoms with van der Waals surface area (Å²) in [5, 5.41) is 3.89. The van der Waals surface area contributed by atoms with E-state index in [9.17, 15) is 9.59 Å². The summed E-state index contributed by atoms with van der Waals surface area (Å²) in [5.74, 6) is -0.0485. The van der Waals surface area contributed by atoms with Crippen molar-refractivity contribution in [2.45, 2.75) is 19.5 Å². The van der Waals surface area contributed by atoms with Crippen LogP contribution in [0.2, 0.25) is 0 Å². The molecule has 0 spiro atoms. The monoisotopic (exact) mass is 228 g/mol. The number of nitrogens with one attached hydrogen (secondary N) is 1. The Morgan fingerprint density at radius 1 is 1.41 bits per heavy atom. The Hall–Kier alpha value is -2.10. The minimum Gasteiger partial charge on any atom is -0.347 e. The number of nitrogens with zero attached hydrogens (tertiary/aromatic N) is 1. The maximum atomic E-state index is 11.8. The fourth-order valence-electron chi connectivity index (χ4n) is 2.35. The Balaban J connectivity index is 2.29. The zero-order valence-corrected chi connectivity index (χ0v) is 9.43. The van der Waals surface area contributed by atoms with Gasteiger partial charge in [0.25, 0.3) is 5.91 Å². The van der Waals surface area contributed by atoms with Gasteiger partial charge in [-0.3, -0.25) is 9.59 Å². The summed E-state index contributed by atoms with van der Waals surface area (Å²) in [6, 6.07) is 7.46. The SMILES string of the molecule is CC1Cn2c(cc3ccc(C=O)cc32)C(=O)N1. The molecule has 3 rings (SSSR count). The van der Waals surface area contributed by atoms with Crippen molar-refractivity contribution >= 4 is 23.1 Å². The predicted octanol–water partition coefficient (Wildman–Crippen LogP) is 1.59. The molecule has 1 N–H and O–H groups in total. The van der Waals surface area contributed by atoms with Crippen LogP contribution in [0.4, 0.5) is 0 Å². The number of carbonyl (C=O) groups excluding carboxylic acids is 2. The Morgan fingerprint density at radius 3 is 3.00 bits per heavy atom. The number of hydrogen-bond acceptors (Lipinski definition) is 2. The van der Waals surface area contributed by atoms with Crippen molar-refractivity contribution in [2.24, 2.45) is 0 Å². The van der Waals surface area contributed by atoms with Gasteiger partial charge in [-0.25, -0.2) is 0 Å². The van der Waals surface area contributed by atoms with Crippen molar-refractivity contribution in [3.8, 4) is 0 Å². The van der Waals surface area contributed by atoms with Crippen molar-refractivity contribution in [1.82, 2.24) is 9.88 Å². The van der Waals surface area contributed by atoms with Gasteiger partial charge in [0, 0.05) is 29.1 Å². The van der Waals surface area contributed by atoms with Gasteiger partial charge in [0.05, 0.1) is 0 Å². The number of aldehydes is 1. The van der Waals surface area contributed by atoms with E-state index in [0.717, 1.165) is 23.7 Å². The number of carbonyl (C=O) groups is 2. The van der Waals surface area contributed by atoms with Crippen LogP contribution >= 0.6 is 0 Å². The first kappa shape index (κ1) is 10.1. The first-order chi connectivity index (χ1) is 8.19. The van der Waals surface area contributed by atoms with Crippen LogP contribution in [0.1, 0.15) is 27.8 Å². The smallest absolute Gasteiger partial charge is 0.268 e. The minimum absolute atomic E-state index is 0.0485. The molecule has 0 aliphatic carbocycles. The highest BCUT2D eigenvalue weighted by molar-refractivity contribution is 6.00. The van der Waals surface area contributed by atoms with E-state index in [2.05, 4.69) is 5.32 Å². The van der Waals surface area contributed by atoms with Gasteiger partial charge in [0.15, 0.2) is 0 Å². The summed E-state index contributed by atoms with van der Waals surface area (Å²) < 4.78 is 1.98. The molecule has 0 saturated carbocycles.